The highest BCUT2D eigenvalue weighted by molar-refractivity contribution is 5.97. The van der Waals surface area contributed by atoms with Crippen LogP contribution in [0.3, 0.4) is 0 Å². The number of benzene rings is 1. The fourth-order valence-corrected chi connectivity index (χ4v) is 2.02. The number of anilines is 1. The molecular weight excluding hydrogens is 343 g/mol. The molecule has 1 heterocycles. The fraction of sp³-hybridized carbons (Fsp3) is 0.235. The maximum absolute atomic E-state index is 13.1. The van der Waals surface area contributed by atoms with Crippen LogP contribution in [0.25, 0.3) is 0 Å². The average Bonchev–Trinajstić information content (AvgIpc) is 2.61. The summed E-state index contributed by atoms with van der Waals surface area (Å²) >= 11 is 0. The second kappa shape index (κ2) is 8.65. The molecule has 0 unspecified atom stereocenters. The van der Waals surface area contributed by atoms with E-state index in [0.717, 1.165) is 0 Å². The van der Waals surface area contributed by atoms with Crippen LogP contribution in [0.15, 0.2) is 36.7 Å². The number of hydrogen-bond acceptors (Lipinski definition) is 6. The Bertz CT molecular complexity index is 793. The molecule has 9 heteroatoms. The lowest BCUT2D eigenvalue weighted by Gasteiger charge is -2.22. The Morgan fingerprint density at radius 3 is 2.42 bits per heavy atom. The Kier molecular flexibility index (Phi) is 6.31. The van der Waals surface area contributed by atoms with Crippen LogP contribution in [0.2, 0.25) is 0 Å². The number of aromatic nitrogens is 2. The summed E-state index contributed by atoms with van der Waals surface area (Å²) in [4.78, 5) is 44.3. The number of aryl methyl sites for hydroxylation is 1. The van der Waals surface area contributed by atoms with Crippen molar-refractivity contribution in [3.8, 4) is 0 Å². The summed E-state index contributed by atoms with van der Waals surface area (Å²) in [5.74, 6) is -2.47. The van der Waals surface area contributed by atoms with Crippen molar-refractivity contribution in [2.75, 3.05) is 18.1 Å². The van der Waals surface area contributed by atoms with E-state index in [0.29, 0.717) is 11.4 Å². The van der Waals surface area contributed by atoms with Crippen molar-refractivity contribution < 1.29 is 23.5 Å². The highest BCUT2D eigenvalue weighted by Gasteiger charge is 2.19. The molecule has 0 aliphatic heterocycles. The van der Waals surface area contributed by atoms with Crippen LogP contribution in [0.5, 0.6) is 0 Å². The Balaban J connectivity index is 2.05. The van der Waals surface area contributed by atoms with Gasteiger partial charge in [0, 0.05) is 24.8 Å². The van der Waals surface area contributed by atoms with Gasteiger partial charge in [-0.05, 0) is 31.2 Å². The third-order valence-corrected chi connectivity index (χ3v) is 3.34. The number of halogens is 1. The summed E-state index contributed by atoms with van der Waals surface area (Å²) in [6.45, 7) is 1.11. The van der Waals surface area contributed by atoms with Gasteiger partial charge < -0.3 is 15.4 Å². The lowest BCUT2D eigenvalue weighted by molar-refractivity contribution is -0.121. The van der Waals surface area contributed by atoms with Crippen molar-refractivity contribution in [2.24, 2.45) is 5.73 Å². The maximum Gasteiger partial charge on any atom is 0.359 e. The molecule has 2 rings (SSSR count). The van der Waals surface area contributed by atoms with Gasteiger partial charge in [-0.2, -0.15) is 0 Å². The zero-order valence-electron chi connectivity index (χ0n) is 14.0. The first kappa shape index (κ1) is 19.0. The second-order valence-corrected chi connectivity index (χ2v) is 5.36. The molecule has 1 aromatic heterocycles. The average molecular weight is 360 g/mol. The van der Waals surface area contributed by atoms with E-state index >= 15 is 0 Å². The normalized spacial score (nSPS) is 10.2. The summed E-state index contributed by atoms with van der Waals surface area (Å²) < 4.78 is 18.0. The first-order valence-electron chi connectivity index (χ1n) is 7.67. The number of primary amides is 1. The number of nitrogens with two attached hydrogens (primary N) is 1. The van der Waals surface area contributed by atoms with Gasteiger partial charge in [0.1, 0.15) is 5.82 Å². The van der Waals surface area contributed by atoms with Crippen molar-refractivity contribution in [1.82, 2.24) is 9.97 Å². The summed E-state index contributed by atoms with van der Waals surface area (Å²) in [5.41, 5.74) is 6.06. The van der Waals surface area contributed by atoms with E-state index in [9.17, 15) is 18.8 Å². The van der Waals surface area contributed by atoms with E-state index in [-0.39, 0.29) is 18.7 Å². The predicted molar refractivity (Wildman–Crippen MR) is 89.6 cm³/mol. The number of esters is 1. The predicted octanol–water partition coefficient (Wildman–Crippen LogP) is 0.990. The zero-order valence-corrected chi connectivity index (χ0v) is 14.0. The smallest absolute Gasteiger partial charge is 0.359 e. The summed E-state index contributed by atoms with van der Waals surface area (Å²) in [6, 6.07) is 5.10. The Hall–Kier alpha value is -3.36. The topological polar surface area (TPSA) is 115 Å². The van der Waals surface area contributed by atoms with E-state index in [2.05, 4.69) is 9.97 Å². The van der Waals surface area contributed by atoms with Gasteiger partial charge in [0.15, 0.2) is 12.3 Å². The molecule has 2 N–H and O–H groups in total. The van der Waals surface area contributed by atoms with Crippen LogP contribution in [0, 0.1) is 12.7 Å². The minimum absolute atomic E-state index is 0.0261. The number of carbonyl (C=O) groups is 3. The van der Waals surface area contributed by atoms with Crippen molar-refractivity contribution in [2.45, 2.75) is 13.3 Å². The summed E-state index contributed by atoms with van der Waals surface area (Å²) in [5, 5.41) is 0. The van der Waals surface area contributed by atoms with E-state index < -0.39 is 30.2 Å². The third kappa shape index (κ3) is 5.33. The minimum Gasteiger partial charge on any atom is -0.451 e. The van der Waals surface area contributed by atoms with Crippen LogP contribution < -0.4 is 10.6 Å². The first-order chi connectivity index (χ1) is 12.4. The van der Waals surface area contributed by atoms with Crippen LogP contribution in [0.4, 0.5) is 10.1 Å². The Morgan fingerprint density at radius 2 is 1.85 bits per heavy atom. The molecule has 8 nitrogen and oxygen atoms in total. The quantitative estimate of drug-likeness (QED) is 0.736. The van der Waals surface area contributed by atoms with Crippen molar-refractivity contribution in [3.05, 3.63) is 53.9 Å². The maximum atomic E-state index is 13.1. The van der Waals surface area contributed by atoms with Crippen molar-refractivity contribution in [1.29, 1.82) is 0 Å². The van der Waals surface area contributed by atoms with Gasteiger partial charge in [0.05, 0.1) is 11.9 Å². The molecular formula is C17H17FN4O4. The number of hydrogen-bond donors (Lipinski definition) is 1. The van der Waals surface area contributed by atoms with Gasteiger partial charge in [-0.1, -0.05) is 0 Å². The SMILES string of the molecule is Cc1cnc(C(=O)OCC(=O)N(CCC(N)=O)c2ccc(F)cc2)cn1. The van der Waals surface area contributed by atoms with Crippen molar-refractivity contribution >= 4 is 23.5 Å². The molecule has 2 aromatic rings. The molecule has 0 radical (unpaired) electrons. The third-order valence-electron chi connectivity index (χ3n) is 3.34. The number of ether oxygens (including phenoxy) is 1. The van der Waals surface area contributed by atoms with E-state index in [1.807, 2.05) is 0 Å². The number of amides is 2. The molecule has 1 aromatic carbocycles. The van der Waals surface area contributed by atoms with E-state index in [1.54, 1.807) is 6.92 Å². The number of nitrogens with zero attached hydrogens (tertiary/aromatic N) is 3. The largest absolute Gasteiger partial charge is 0.451 e. The fourth-order valence-electron chi connectivity index (χ4n) is 2.02. The highest BCUT2D eigenvalue weighted by atomic mass is 19.1. The van der Waals surface area contributed by atoms with E-state index in [4.69, 9.17) is 10.5 Å². The van der Waals surface area contributed by atoms with Gasteiger partial charge >= 0.3 is 5.97 Å². The minimum atomic E-state index is -0.806. The molecule has 0 saturated carbocycles. The summed E-state index contributed by atoms with van der Waals surface area (Å²) in [6.07, 6.45) is 2.55. The van der Waals surface area contributed by atoms with Gasteiger partial charge in [-0.25, -0.2) is 14.2 Å². The Labute approximate surface area is 148 Å². The molecule has 0 spiro atoms. The van der Waals surface area contributed by atoms with E-state index in [1.165, 1.54) is 41.6 Å². The van der Waals surface area contributed by atoms with Gasteiger partial charge in [-0.3, -0.25) is 14.6 Å². The second-order valence-electron chi connectivity index (χ2n) is 5.36. The Morgan fingerprint density at radius 1 is 1.15 bits per heavy atom. The van der Waals surface area contributed by atoms with Gasteiger partial charge in [-0.15, -0.1) is 0 Å². The molecule has 0 aliphatic carbocycles. The molecule has 0 saturated heterocycles. The van der Waals surface area contributed by atoms with Crippen LogP contribution >= 0.6 is 0 Å². The lowest BCUT2D eigenvalue weighted by Crippen LogP contribution is -2.37. The number of rotatable bonds is 7. The molecule has 0 aliphatic rings. The van der Waals surface area contributed by atoms with Crippen LogP contribution in [0.1, 0.15) is 22.6 Å². The van der Waals surface area contributed by atoms with Crippen LogP contribution in [-0.2, 0) is 14.3 Å². The standard InChI is InChI=1S/C17H17FN4O4/c1-11-8-21-14(9-20-11)17(25)26-10-16(24)22(7-6-15(19)23)13-4-2-12(18)3-5-13/h2-5,8-9H,6-7,10H2,1H3,(H2,19,23). The molecule has 0 bridgehead atoms. The summed E-state index contributed by atoms with van der Waals surface area (Å²) in [7, 11) is 0. The lowest BCUT2D eigenvalue weighted by atomic mass is 10.2. The molecule has 0 fully saturated rings. The van der Waals surface area contributed by atoms with Gasteiger partial charge in [0.2, 0.25) is 5.91 Å². The van der Waals surface area contributed by atoms with Crippen LogP contribution in [-0.4, -0.2) is 40.9 Å². The zero-order chi connectivity index (χ0) is 19.1. The monoisotopic (exact) mass is 360 g/mol. The number of carbonyl (C=O) groups excluding carboxylic acids is 3. The molecule has 136 valence electrons. The molecule has 26 heavy (non-hydrogen) atoms. The van der Waals surface area contributed by atoms with Crippen molar-refractivity contribution in [3.63, 3.8) is 0 Å². The van der Waals surface area contributed by atoms with Gasteiger partial charge in [0.25, 0.3) is 5.91 Å². The molecule has 0 atom stereocenters. The highest BCUT2D eigenvalue weighted by Crippen LogP contribution is 2.16. The first-order valence-corrected chi connectivity index (χ1v) is 7.67. The molecule has 2 amide bonds.